The van der Waals surface area contributed by atoms with Crippen LogP contribution < -0.4 is 0 Å². The molecule has 0 heterocycles. The van der Waals surface area contributed by atoms with Gasteiger partial charge in [-0.2, -0.15) is 0 Å². The molecule has 1 rings (SSSR count). The van der Waals surface area contributed by atoms with Gasteiger partial charge in [-0.25, -0.2) is 4.79 Å². The first-order valence-corrected chi connectivity index (χ1v) is 6.91. The van der Waals surface area contributed by atoms with Gasteiger partial charge in [-0.3, -0.25) is 4.79 Å². The van der Waals surface area contributed by atoms with Crippen molar-refractivity contribution in [2.45, 2.75) is 25.7 Å². The zero-order valence-corrected chi connectivity index (χ0v) is 11.9. The van der Waals surface area contributed by atoms with E-state index in [1.165, 1.54) is 6.08 Å². The van der Waals surface area contributed by atoms with Gasteiger partial charge in [-0.1, -0.05) is 12.1 Å². The van der Waals surface area contributed by atoms with Crippen molar-refractivity contribution in [3.05, 3.63) is 35.9 Å². The maximum absolute atomic E-state index is 11.4. The summed E-state index contributed by atoms with van der Waals surface area (Å²) in [5, 5.41) is 9.13. The van der Waals surface area contributed by atoms with E-state index in [0.29, 0.717) is 19.7 Å². The Kier molecular flexibility index (Phi) is 8.36. The second-order valence-electron chi connectivity index (χ2n) is 4.47. The molecule has 5 nitrogen and oxygen atoms in total. The fourth-order valence-electron chi connectivity index (χ4n) is 1.66. The van der Waals surface area contributed by atoms with Gasteiger partial charge in [0.1, 0.15) is 5.75 Å². The molecular formula is C16H20O5. The Balaban J connectivity index is 2.08. The van der Waals surface area contributed by atoms with Crippen LogP contribution in [0.3, 0.4) is 0 Å². The lowest BCUT2D eigenvalue weighted by atomic mass is 10.2. The van der Waals surface area contributed by atoms with Crippen molar-refractivity contribution in [1.82, 2.24) is 0 Å². The number of aromatic hydroxyl groups is 1. The number of unbranched alkanes of at least 4 members (excludes halogenated alkanes) is 3. The molecule has 0 aliphatic carbocycles. The Morgan fingerprint density at radius 2 is 1.71 bits per heavy atom. The Morgan fingerprint density at radius 3 is 2.38 bits per heavy atom. The summed E-state index contributed by atoms with van der Waals surface area (Å²) in [6, 6.07) is 6.53. The summed E-state index contributed by atoms with van der Waals surface area (Å²) in [6.07, 6.45) is 6.49. The van der Waals surface area contributed by atoms with Crippen LogP contribution in [0.15, 0.2) is 30.3 Å². The molecule has 21 heavy (non-hydrogen) atoms. The number of phenolic OH excluding ortho intramolecular Hbond substituents is 1. The Labute approximate surface area is 124 Å². The number of phenols is 1. The van der Waals surface area contributed by atoms with Crippen LogP contribution in [0.25, 0.3) is 6.08 Å². The number of benzene rings is 1. The van der Waals surface area contributed by atoms with Gasteiger partial charge in [-0.15, -0.1) is 0 Å². The van der Waals surface area contributed by atoms with Crippen LogP contribution in [-0.4, -0.2) is 30.8 Å². The minimum absolute atomic E-state index is 0.188. The van der Waals surface area contributed by atoms with Crippen molar-refractivity contribution in [3.8, 4) is 5.75 Å². The predicted octanol–water partition coefficient (Wildman–Crippen LogP) is 2.68. The minimum atomic E-state index is -0.382. The summed E-state index contributed by atoms with van der Waals surface area (Å²) in [5.41, 5.74) is 0.819. The molecule has 0 fully saturated rings. The molecule has 0 saturated carbocycles. The molecule has 0 bridgehead atoms. The van der Waals surface area contributed by atoms with Crippen LogP contribution in [0.1, 0.15) is 31.2 Å². The lowest BCUT2D eigenvalue weighted by Gasteiger charge is -2.02. The van der Waals surface area contributed by atoms with Gasteiger partial charge in [0.2, 0.25) is 0 Å². The van der Waals surface area contributed by atoms with Crippen molar-refractivity contribution in [2.24, 2.45) is 0 Å². The first kappa shape index (κ1) is 16.8. The topological polar surface area (TPSA) is 72.8 Å². The largest absolute Gasteiger partial charge is 0.508 e. The first-order valence-electron chi connectivity index (χ1n) is 6.91. The molecule has 1 aromatic carbocycles. The highest BCUT2D eigenvalue weighted by atomic mass is 16.5. The van der Waals surface area contributed by atoms with Crippen LogP contribution in [0.2, 0.25) is 0 Å². The molecule has 0 radical (unpaired) electrons. The van der Waals surface area contributed by atoms with Gasteiger partial charge in [0, 0.05) is 6.08 Å². The molecule has 0 spiro atoms. The highest BCUT2D eigenvalue weighted by molar-refractivity contribution is 5.87. The van der Waals surface area contributed by atoms with Crippen molar-refractivity contribution in [3.63, 3.8) is 0 Å². The Morgan fingerprint density at radius 1 is 1.05 bits per heavy atom. The third-order valence-corrected chi connectivity index (χ3v) is 2.77. The van der Waals surface area contributed by atoms with E-state index >= 15 is 0 Å². The summed E-state index contributed by atoms with van der Waals surface area (Å²) < 4.78 is 9.62. The highest BCUT2D eigenvalue weighted by Crippen LogP contribution is 2.10. The molecule has 0 aliphatic rings. The van der Waals surface area contributed by atoms with Crippen molar-refractivity contribution < 1.29 is 24.2 Å². The number of carbonyl (C=O) groups excluding carboxylic acids is 2. The number of ether oxygens (including phenoxy) is 2. The van der Waals surface area contributed by atoms with Gasteiger partial charge in [-0.05, 0) is 49.5 Å². The third kappa shape index (κ3) is 8.47. The molecule has 0 saturated heterocycles. The average Bonchev–Trinajstić information content (AvgIpc) is 2.49. The van der Waals surface area contributed by atoms with Crippen LogP contribution in [0.5, 0.6) is 5.75 Å². The maximum Gasteiger partial charge on any atom is 0.330 e. The van der Waals surface area contributed by atoms with Gasteiger partial charge in [0.15, 0.2) is 0 Å². The second kappa shape index (κ2) is 10.5. The smallest absolute Gasteiger partial charge is 0.330 e. The molecule has 0 unspecified atom stereocenters. The Bertz CT molecular complexity index is 450. The Hall–Kier alpha value is -2.30. The fraction of sp³-hybridized carbons (Fsp3) is 0.375. The summed E-state index contributed by atoms with van der Waals surface area (Å²) in [4.78, 5) is 21.3. The number of carbonyl (C=O) groups is 2. The molecule has 5 heteroatoms. The van der Waals surface area contributed by atoms with E-state index < -0.39 is 0 Å². The van der Waals surface area contributed by atoms with Gasteiger partial charge in [0.05, 0.1) is 13.2 Å². The van der Waals surface area contributed by atoms with Crippen LogP contribution in [0.4, 0.5) is 0 Å². The highest BCUT2D eigenvalue weighted by Gasteiger charge is 1.97. The van der Waals surface area contributed by atoms with Crippen LogP contribution in [-0.2, 0) is 19.1 Å². The summed E-state index contributed by atoms with van der Waals surface area (Å²) in [5.74, 6) is -0.194. The summed E-state index contributed by atoms with van der Waals surface area (Å²) >= 11 is 0. The number of esters is 1. The monoisotopic (exact) mass is 292 g/mol. The number of rotatable bonds is 10. The van der Waals surface area contributed by atoms with E-state index in [1.807, 2.05) is 0 Å². The number of hydrogen-bond donors (Lipinski definition) is 1. The lowest BCUT2D eigenvalue weighted by molar-refractivity contribution is -0.137. The van der Waals surface area contributed by atoms with Crippen molar-refractivity contribution in [2.75, 3.05) is 13.2 Å². The quantitative estimate of drug-likeness (QED) is 0.311. The SMILES string of the molecule is O=COCCCCCCOC(=O)/C=C/c1ccc(O)cc1. The zero-order chi connectivity index (χ0) is 15.3. The molecule has 1 aromatic rings. The van der Waals surface area contributed by atoms with E-state index in [1.54, 1.807) is 30.3 Å². The van der Waals surface area contributed by atoms with E-state index in [2.05, 4.69) is 4.74 Å². The van der Waals surface area contributed by atoms with E-state index in [-0.39, 0.29) is 11.7 Å². The van der Waals surface area contributed by atoms with Gasteiger partial charge >= 0.3 is 5.97 Å². The van der Waals surface area contributed by atoms with Gasteiger partial charge in [0.25, 0.3) is 6.47 Å². The molecule has 0 amide bonds. The lowest BCUT2D eigenvalue weighted by Crippen LogP contribution is -2.02. The molecule has 1 N–H and O–H groups in total. The summed E-state index contributed by atoms with van der Waals surface area (Å²) in [7, 11) is 0. The normalized spacial score (nSPS) is 10.5. The standard InChI is InChI=1S/C16H20O5/c17-13-20-11-3-1-2-4-12-21-16(19)10-7-14-5-8-15(18)9-6-14/h5-10,13,18H,1-4,11-12H2/b10-7+. The van der Waals surface area contributed by atoms with Gasteiger partial charge < -0.3 is 14.6 Å². The van der Waals surface area contributed by atoms with Crippen LogP contribution in [0, 0.1) is 0 Å². The molecular weight excluding hydrogens is 272 g/mol. The fourth-order valence-corrected chi connectivity index (χ4v) is 1.66. The minimum Gasteiger partial charge on any atom is -0.508 e. The first-order chi connectivity index (χ1) is 10.2. The van der Waals surface area contributed by atoms with E-state index in [4.69, 9.17) is 9.84 Å². The van der Waals surface area contributed by atoms with Crippen molar-refractivity contribution >= 4 is 18.5 Å². The molecule has 0 atom stereocenters. The molecule has 0 aromatic heterocycles. The predicted molar refractivity (Wildman–Crippen MR) is 78.6 cm³/mol. The van der Waals surface area contributed by atoms with Crippen molar-refractivity contribution in [1.29, 1.82) is 0 Å². The average molecular weight is 292 g/mol. The van der Waals surface area contributed by atoms with E-state index in [9.17, 15) is 9.59 Å². The maximum atomic E-state index is 11.4. The molecule has 0 aliphatic heterocycles. The van der Waals surface area contributed by atoms with Crippen LogP contribution >= 0.6 is 0 Å². The second-order valence-corrected chi connectivity index (χ2v) is 4.47. The molecule has 114 valence electrons. The van der Waals surface area contributed by atoms with E-state index in [0.717, 1.165) is 31.2 Å². The third-order valence-electron chi connectivity index (χ3n) is 2.77. The number of hydrogen-bond acceptors (Lipinski definition) is 5. The zero-order valence-electron chi connectivity index (χ0n) is 11.9. The summed E-state index contributed by atoms with van der Waals surface area (Å²) in [6.45, 7) is 1.27.